The van der Waals surface area contributed by atoms with E-state index in [4.69, 9.17) is 11.5 Å². The van der Waals surface area contributed by atoms with Crippen molar-refractivity contribution in [3.63, 3.8) is 0 Å². The summed E-state index contributed by atoms with van der Waals surface area (Å²) in [5, 5.41) is 3.20. The summed E-state index contributed by atoms with van der Waals surface area (Å²) < 4.78 is 0. The van der Waals surface area contributed by atoms with Gasteiger partial charge in [-0.2, -0.15) is 0 Å². The predicted octanol–water partition coefficient (Wildman–Crippen LogP) is 0.317. The number of primary amides is 1. The molecule has 0 saturated carbocycles. The molecule has 0 bridgehead atoms. The van der Waals surface area contributed by atoms with Gasteiger partial charge in [0.2, 0.25) is 5.91 Å². The first-order chi connectivity index (χ1) is 6.86. The van der Waals surface area contributed by atoms with E-state index in [9.17, 15) is 4.79 Å². The van der Waals surface area contributed by atoms with Crippen molar-refractivity contribution in [1.82, 2.24) is 5.32 Å². The Morgan fingerprint density at radius 3 is 1.93 bits per heavy atom. The van der Waals surface area contributed by atoms with Crippen molar-refractivity contribution in [3.8, 4) is 0 Å². The highest BCUT2D eigenvalue weighted by Gasteiger charge is 2.17. The molecule has 15 heavy (non-hydrogen) atoms. The second-order valence-corrected chi connectivity index (χ2v) is 4.82. The molecule has 0 heterocycles. The average Bonchev–Trinajstić information content (AvgIpc) is 2.10. The van der Waals surface area contributed by atoms with Gasteiger partial charge >= 0.3 is 0 Å². The van der Waals surface area contributed by atoms with Crippen LogP contribution in [0, 0.1) is 17.8 Å². The number of rotatable bonds is 7. The fraction of sp³-hybridized carbons (Fsp3) is 0.909. The van der Waals surface area contributed by atoms with Gasteiger partial charge in [-0.05, 0) is 24.3 Å². The third kappa shape index (κ3) is 5.74. The zero-order chi connectivity index (χ0) is 12.0. The van der Waals surface area contributed by atoms with Gasteiger partial charge in [0.25, 0.3) is 0 Å². The van der Waals surface area contributed by atoms with E-state index in [1.165, 1.54) is 0 Å². The lowest BCUT2D eigenvalue weighted by Gasteiger charge is -2.25. The molecule has 1 amide bonds. The molecule has 0 aliphatic heterocycles. The average molecular weight is 215 g/mol. The quantitative estimate of drug-likeness (QED) is 0.572. The number of hydrogen-bond acceptors (Lipinski definition) is 3. The number of nitrogens with one attached hydrogen (secondary N) is 1. The van der Waals surface area contributed by atoms with Crippen molar-refractivity contribution >= 4 is 5.91 Å². The van der Waals surface area contributed by atoms with Crippen LogP contribution in [0.25, 0.3) is 0 Å². The zero-order valence-electron chi connectivity index (χ0n) is 10.3. The minimum Gasteiger partial charge on any atom is -0.368 e. The predicted molar refractivity (Wildman–Crippen MR) is 63.2 cm³/mol. The van der Waals surface area contributed by atoms with Crippen LogP contribution < -0.4 is 16.8 Å². The number of nitrogens with two attached hydrogens (primary N) is 2. The molecule has 4 heteroatoms. The molecule has 90 valence electrons. The number of hydrogen-bond donors (Lipinski definition) is 3. The van der Waals surface area contributed by atoms with Crippen LogP contribution in [0.4, 0.5) is 0 Å². The minimum absolute atomic E-state index is 0.451. The van der Waals surface area contributed by atoms with E-state index in [-0.39, 0.29) is 0 Å². The van der Waals surface area contributed by atoms with Crippen molar-refractivity contribution < 1.29 is 4.79 Å². The number of amides is 1. The summed E-state index contributed by atoms with van der Waals surface area (Å²) in [6, 6.07) is -0.579. The maximum atomic E-state index is 10.7. The third-order valence-corrected chi connectivity index (χ3v) is 2.82. The largest absolute Gasteiger partial charge is 0.368 e. The van der Waals surface area contributed by atoms with Gasteiger partial charge < -0.3 is 16.8 Å². The fourth-order valence-corrected chi connectivity index (χ4v) is 1.75. The molecule has 0 fully saturated rings. The topological polar surface area (TPSA) is 81.1 Å². The summed E-state index contributed by atoms with van der Waals surface area (Å²) in [7, 11) is 0. The van der Waals surface area contributed by atoms with Crippen LogP contribution in [0.3, 0.4) is 0 Å². The van der Waals surface area contributed by atoms with Gasteiger partial charge in [-0.25, -0.2) is 0 Å². The molecule has 0 saturated heterocycles. The second-order valence-electron chi connectivity index (χ2n) is 4.82. The van der Waals surface area contributed by atoms with Crippen LogP contribution in [-0.2, 0) is 4.79 Å². The van der Waals surface area contributed by atoms with Crippen molar-refractivity contribution in [1.29, 1.82) is 0 Å². The lowest BCUT2D eigenvalue weighted by atomic mass is 9.85. The summed E-state index contributed by atoms with van der Waals surface area (Å²) >= 11 is 0. The van der Waals surface area contributed by atoms with Gasteiger partial charge in [0.1, 0.15) is 0 Å². The Morgan fingerprint density at radius 1 is 1.13 bits per heavy atom. The highest BCUT2D eigenvalue weighted by Crippen LogP contribution is 2.19. The van der Waals surface area contributed by atoms with Gasteiger partial charge in [-0.15, -0.1) is 0 Å². The van der Waals surface area contributed by atoms with E-state index in [0.717, 1.165) is 6.54 Å². The summed E-state index contributed by atoms with van der Waals surface area (Å²) in [4.78, 5) is 10.7. The first kappa shape index (κ1) is 14.4. The summed E-state index contributed by atoms with van der Waals surface area (Å²) in [5.41, 5.74) is 10.6. The van der Waals surface area contributed by atoms with Gasteiger partial charge in [0.15, 0.2) is 0 Å². The van der Waals surface area contributed by atoms with Gasteiger partial charge in [0.05, 0.1) is 6.04 Å². The lowest BCUT2D eigenvalue weighted by Crippen LogP contribution is -2.45. The zero-order valence-corrected chi connectivity index (χ0v) is 10.3. The summed E-state index contributed by atoms with van der Waals surface area (Å²) in [5.74, 6) is 1.41. The third-order valence-electron chi connectivity index (χ3n) is 2.82. The highest BCUT2D eigenvalue weighted by atomic mass is 16.1. The smallest absolute Gasteiger partial charge is 0.235 e. The highest BCUT2D eigenvalue weighted by molar-refractivity contribution is 5.79. The van der Waals surface area contributed by atoms with Gasteiger partial charge in [-0.3, -0.25) is 4.79 Å². The van der Waals surface area contributed by atoms with E-state index < -0.39 is 11.9 Å². The molecule has 0 aromatic carbocycles. The normalized spacial score (nSPS) is 13.9. The molecule has 0 aromatic rings. The van der Waals surface area contributed by atoms with E-state index in [1.54, 1.807) is 0 Å². The Hall–Kier alpha value is -0.610. The molecule has 0 radical (unpaired) electrons. The Kier molecular flexibility index (Phi) is 6.52. The molecule has 1 unspecified atom stereocenters. The van der Waals surface area contributed by atoms with Crippen molar-refractivity contribution in [2.45, 2.75) is 33.7 Å². The van der Waals surface area contributed by atoms with Crippen LogP contribution in [0.15, 0.2) is 0 Å². The Labute approximate surface area is 92.8 Å². The van der Waals surface area contributed by atoms with E-state index in [2.05, 4.69) is 33.0 Å². The molecule has 0 spiro atoms. The van der Waals surface area contributed by atoms with Crippen LogP contribution in [0.2, 0.25) is 0 Å². The molecule has 5 N–H and O–H groups in total. The van der Waals surface area contributed by atoms with Crippen molar-refractivity contribution in [2.24, 2.45) is 29.2 Å². The van der Waals surface area contributed by atoms with Gasteiger partial charge in [0, 0.05) is 6.54 Å². The standard InChI is InChI=1S/C11H25N3O/c1-7(2)9(8(3)4)5-14-6-10(12)11(13)15/h7-10,14H,5-6,12H2,1-4H3,(H2,13,15). The number of carbonyl (C=O) groups excluding carboxylic acids is 1. The summed E-state index contributed by atoms with van der Waals surface area (Å²) in [6.07, 6.45) is 0. The second kappa shape index (κ2) is 6.80. The van der Waals surface area contributed by atoms with E-state index >= 15 is 0 Å². The van der Waals surface area contributed by atoms with Crippen LogP contribution in [0.1, 0.15) is 27.7 Å². The molecule has 0 rings (SSSR count). The lowest BCUT2D eigenvalue weighted by molar-refractivity contribution is -0.119. The maximum Gasteiger partial charge on any atom is 0.235 e. The molecule has 4 nitrogen and oxygen atoms in total. The van der Waals surface area contributed by atoms with Crippen molar-refractivity contribution in [3.05, 3.63) is 0 Å². The molecular weight excluding hydrogens is 190 g/mol. The van der Waals surface area contributed by atoms with Crippen molar-refractivity contribution in [2.75, 3.05) is 13.1 Å². The van der Waals surface area contributed by atoms with Crippen LogP contribution in [-0.4, -0.2) is 25.0 Å². The maximum absolute atomic E-state index is 10.7. The number of carbonyl (C=O) groups is 1. The molecule has 1 atom stereocenters. The van der Waals surface area contributed by atoms with E-state index in [1.807, 2.05) is 0 Å². The SMILES string of the molecule is CC(C)C(CNCC(N)C(N)=O)C(C)C. The first-order valence-corrected chi connectivity index (χ1v) is 5.61. The fourth-order valence-electron chi connectivity index (χ4n) is 1.75. The summed E-state index contributed by atoms with van der Waals surface area (Å²) in [6.45, 7) is 10.2. The Morgan fingerprint density at radius 2 is 1.60 bits per heavy atom. The van der Waals surface area contributed by atoms with Gasteiger partial charge in [-0.1, -0.05) is 27.7 Å². The monoisotopic (exact) mass is 215 g/mol. The van der Waals surface area contributed by atoms with Crippen LogP contribution in [0.5, 0.6) is 0 Å². The minimum atomic E-state index is -0.579. The Bertz CT molecular complexity index is 184. The molecule has 0 aliphatic rings. The Balaban J connectivity index is 3.86. The van der Waals surface area contributed by atoms with Crippen LogP contribution >= 0.6 is 0 Å². The first-order valence-electron chi connectivity index (χ1n) is 5.61. The molecule has 0 aromatic heterocycles. The molecule has 0 aliphatic carbocycles. The molecular formula is C11H25N3O. The van der Waals surface area contributed by atoms with E-state index in [0.29, 0.717) is 24.3 Å².